The van der Waals surface area contributed by atoms with E-state index in [4.69, 9.17) is 9.15 Å². The van der Waals surface area contributed by atoms with Gasteiger partial charge in [-0.3, -0.25) is 4.79 Å². The van der Waals surface area contributed by atoms with Crippen LogP contribution in [-0.2, 0) is 4.79 Å². The molecule has 1 aromatic heterocycles. The fourth-order valence-electron chi connectivity index (χ4n) is 1.67. The van der Waals surface area contributed by atoms with Crippen LogP contribution >= 0.6 is 0 Å². The molecule has 104 valence electrons. The van der Waals surface area contributed by atoms with Gasteiger partial charge in [0.25, 0.3) is 5.91 Å². The standard InChI is InChI=1S/C15H16N2O3/c1-11-5-6-14(12(2)8-11)20-10-15(18)17-16-9-13-4-3-7-19-13/h3-9H,10H2,1-2H3,(H,17,18)/b16-9+. The Kier molecular flexibility index (Phi) is 4.55. The third-order valence-corrected chi connectivity index (χ3v) is 2.61. The van der Waals surface area contributed by atoms with E-state index in [1.807, 2.05) is 32.0 Å². The number of hydrazone groups is 1. The van der Waals surface area contributed by atoms with Gasteiger partial charge >= 0.3 is 0 Å². The van der Waals surface area contributed by atoms with Crippen molar-refractivity contribution in [1.82, 2.24) is 5.43 Å². The van der Waals surface area contributed by atoms with Crippen LogP contribution in [0.4, 0.5) is 0 Å². The van der Waals surface area contributed by atoms with E-state index in [-0.39, 0.29) is 12.5 Å². The molecule has 5 nitrogen and oxygen atoms in total. The lowest BCUT2D eigenvalue weighted by atomic mass is 10.1. The molecule has 1 heterocycles. The molecule has 0 aliphatic carbocycles. The van der Waals surface area contributed by atoms with E-state index in [0.29, 0.717) is 11.5 Å². The quantitative estimate of drug-likeness (QED) is 0.671. The van der Waals surface area contributed by atoms with Crippen molar-refractivity contribution in [1.29, 1.82) is 0 Å². The molecule has 0 spiro atoms. The Hall–Kier alpha value is -2.56. The third-order valence-electron chi connectivity index (χ3n) is 2.61. The second-order valence-electron chi connectivity index (χ2n) is 4.37. The molecular formula is C15H16N2O3. The molecule has 1 amide bonds. The number of aryl methyl sites for hydroxylation is 2. The van der Waals surface area contributed by atoms with Crippen LogP contribution in [0, 0.1) is 13.8 Å². The van der Waals surface area contributed by atoms with Crippen LogP contribution in [0.1, 0.15) is 16.9 Å². The molecule has 0 fully saturated rings. The van der Waals surface area contributed by atoms with Crippen LogP contribution in [0.5, 0.6) is 5.75 Å². The number of rotatable bonds is 5. The number of amides is 1. The second-order valence-corrected chi connectivity index (χ2v) is 4.37. The second kappa shape index (κ2) is 6.56. The van der Waals surface area contributed by atoms with Gasteiger partial charge in [-0.05, 0) is 37.6 Å². The Bertz CT molecular complexity index is 604. The number of nitrogens with zero attached hydrogens (tertiary/aromatic N) is 1. The Morgan fingerprint density at radius 2 is 2.25 bits per heavy atom. The van der Waals surface area contributed by atoms with Crippen LogP contribution in [0.3, 0.4) is 0 Å². The zero-order chi connectivity index (χ0) is 14.4. The predicted octanol–water partition coefficient (Wildman–Crippen LogP) is 2.43. The summed E-state index contributed by atoms with van der Waals surface area (Å²) in [5.74, 6) is 0.939. The summed E-state index contributed by atoms with van der Waals surface area (Å²) in [4.78, 5) is 11.5. The average molecular weight is 272 g/mol. The molecule has 5 heteroatoms. The number of carbonyl (C=O) groups is 1. The highest BCUT2D eigenvalue weighted by Gasteiger charge is 2.04. The monoisotopic (exact) mass is 272 g/mol. The summed E-state index contributed by atoms with van der Waals surface area (Å²) < 4.78 is 10.5. The number of hydrogen-bond donors (Lipinski definition) is 1. The number of hydrogen-bond acceptors (Lipinski definition) is 4. The first kappa shape index (κ1) is 13.9. The van der Waals surface area contributed by atoms with E-state index < -0.39 is 0 Å². The molecule has 1 N–H and O–H groups in total. The van der Waals surface area contributed by atoms with Crippen LogP contribution in [-0.4, -0.2) is 18.7 Å². The summed E-state index contributed by atoms with van der Waals surface area (Å²) >= 11 is 0. The highest BCUT2D eigenvalue weighted by Crippen LogP contribution is 2.18. The molecule has 0 saturated carbocycles. The molecule has 1 aromatic carbocycles. The van der Waals surface area contributed by atoms with Crippen molar-refractivity contribution < 1.29 is 13.9 Å². The molecule has 2 rings (SSSR count). The largest absolute Gasteiger partial charge is 0.483 e. The maximum atomic E-state index is 11.5. The molecule has 0 aliphatic rings. The van der Waals surface area contributed by atoms with Crippen molar-refractivity contribution in [3.63, 3.8) is 0 Å². The molecule has 0 bridgehead atoms. The summed E-state index contributed by atoms with van der Waals surface area (Å²) in [5, 5.41) is 3.76. The van der Waals surface area contributed by atoms with E-state index in [9.17, 15) is 4.79 Å². The summed E-state index contributed by atoms with van der Waals surface area (Å²) in [7, 11) is 0. The van der Waals surface area contributed by atoms with Crippen molar-refractivity contribution >= 4 is 12.1 Å². The SMILES string of the molecule is Cc1ccc(OCC(=O)N/N=C/c2ccco2)c(C)c1. The summed E-state index contributed by atoms with van der Waals surface area (Å²) in [6.45, 7) is 3.86. The Labute approximate surface area is 117 Å². The van der Waals surface area contributed by atoms with Gasteiger partial charge in [0.2, 0.25) is 0 Å². The fourth-order valence-corrected chi connectivity index (χ4v) is 1.67. The summed E-state index contributed by atoms with van der Waals surface area (Å²) in [6.07, 6.45) is 2.96. The maximum absolute atomic E-state index is 11.5. The lowest BCUT2D eigenvalue weighted by Crippen LogP contribution is -2.24. The van der Waals surface area contributed by atoms with Crippen LogP contribution in [0.2, 0.25) is 0 Å². The van der Waals surface area contributed by atoms with Gasteiger partial charge in [0.15, 0.2) is 6.61 Å². The number of benzene rings is 1. The van der Waals surface area contributed by atoms with Crippen LogP contribution in [0.15, 0.2) is 46.1 Å². The van der Waals surface area contributed by atoms with Gasteiger partial charge in [-0.25, -0.2) is 5.43 Å². The summed E-state index contributed by atoms with van der Waals surface area (Å²) in [6, 6.07) is 9.27. The maximum Gasteiger partial charge on any atom is 0.277 e. The molecule has 0 unspecified atom stereocenters. The summed E-state index contributed by atoms with van der Waals surface area (Å²) in [5.41, 5.74) is 4.52. The Balaban J connectivity index is 1.80. The highest BCUT2D eigenvalue weighted by atomic mass is 16.5. The van der Waals surface area contributed by atoms with Gasteiger partial charge in [0, 0.05) is 0 Å². The van der Waals surface area contributed by atoms with Crippen LogP contribution in [0.25, 0.3) is 0 Å². The minimum absolute atomic E-state index is 0.0839. The minimum atomic E-state index is -0.326. The zero-order valence-electron chi connectivity index (χ0n) is 11.4. The number of carbonyl (C=O) groups excluding carboxylic acids is 1. The van der Waals surface area contributed by atoms with Gasteiger partial charge in [0.05, 0.1) is 12.5 Å². The van der Waals surface area contributed by atoms with Gasteiger partial charge < -0.3 is 9.15 Å². The lowest BCUT2D eigenvalue weighted by Gasteiger charge is -2.08. The smallest absolute Gasteiger partial charge is 0.277 e. The first-order valence-electron chi connectivity index (χ1n) is 6.20. The van der Waals surface area contributed by atoms with Crippen molar-refractivity contribution in [3.05, 3.63) is 53.5 Å². The van der Waals surface area contributed by atoms with Crippen molar-refractivity contribution in [2.75, 3.05) is 6.61 Å². The minimum Gasteiger partial charge on any atom is -0.483 e. The number of nitrogens with one attached hydrogen (secondary N) is 1. The van der Waals surface area contributed by atoms with Crippen molar-refractivity contribution in [3.8, 4) is 5.75 Å². The van der Waals surface area contributed by atoms with E-state index in [0.717, 1.165) is 11.1 Å². The van der Waals surface area contributed by atoms with Gasteiger partial charge in [0.1, 0.15) is 11.5 Å². The van der Waals surface area contributed by atoms with Crippen LogP contribution < -0.4 is 10.2 Å². The van der Waals surface area contributed by atoms with E-state index in [1.165, 1.54) is 12.5 Å². The normalized spacial score (nSPS) is 10.7. The van der Waals surface area contributed by atoms with E-state index >= 15 is 0 Å². The molecule has 20 heavy (non-hydrogen) atoms. The van der Waals surface area contributed by atoms with E-state index in [2.05, 4.69) is 10.5 Å². The zero-order valence-corrected chi connectivity index (χ0v) is 11.4. The molecule has 2 aromatic rings. The molecule has 0 radical (unpaired) electrons. The number of ether oxygens (including phenoxy) is 1. The molecule has 0 atom stereocenters. The van der Waals surface area contributed by atoms with E-state index in [1.54, 1.807) is 12.1 Å². The molecule has 0 saturated heterocycles. The Morgan fingerprint density at radius 1 is 1.40 bits per heavy atom. The highest BCUT2D eigenvalue weighted by molar-refractivity contribution is 5.81. The van der Waals surface area contributed by atoms with Crippen molar-refractivity contribution in [2.24, 2.45) is 5.10 Å². The van der Waals surface area contributed by atoms with Crippen molar-refractivity contribution in [2.45, 2.75) is 13.8 Å². The lowest BCUT2D eigenvalue weighted by molar-refractivity contribution is -0.123. The van der Waals surface area contributed by atoms with Gasteiger partial charge in [-0.15, -0.1) is 0 Å². The average Bonchev–Trinajstić information content (AvgIpc) is 2.91. The number of furan rings is 1. The molecule has 0 aliphatic heterocycles. The first-order chi connectivity index (χ1) is 9.65. The van der Waals surface area contributed by atoms with Gasteiger partial charge in [-0.1, -0.05) is 17.7 Å². The molecular weight excluding hydrogens is 256 g/mol. The third kappa shape index (κ3) is 3.98. The first-order valence-corrected chi connectivity index (χ1v) is 6.20. The topological polar surface area (TPSA) is 63.8 Å². The predicted molar refractivity (Wildman–Crippen MR) is 75.9 cm³/mol. The fraction of sp³-hybridized carbons (Fsp3) is 0.200. The van der Waals surface area contributed by atoms with Gasteiger partial charge in [-0.2, -0.15) is 5.10 Å². The Morgan fingerprint density at radius 3 is 2.95 bits per heavy atom.